The van der Waals surface area contributed by atoms with Crippen molar-refractivity contribution in [3.63, 3.8) is 0 Å². The van der Waals surface area contributed by atoms with E-state index in [4.69, 9.17) is 0 Å². The third-order valence-corrected chi connectivity index (χ3v) is 0.812. The maximum atomic E-state index is 10.7. The van der Waals surface area contributed by atoms with Crippen LogP contribution in [0, 0.1) is 0 Å². The van der Waals surface area contributed by atoms with Gasteiger partial charge in [-0.3, -0.25) is 9.63 Å². The molecular weight excluding hydrogens is 136 g/mol. The van der Waals surface area contributed by atoms with Crippen LogP contribution in [-0.2, 0) is 9.63 Å². The van der Waals surface area contributed by atoms with Crippen molar-refractivity contribution >= 4 is 5.91 Å². The molecule has 0 saturated carbocycles. The molecule has 0 unspecified atom stereocenters. The van der Waals surface area contributed by atoms with E-state index in [1.807, 2.05) is 0 Å². The molecule has 0 saturated heterocycles. The van der Waals surface area contributed by atoms with Crippen LogP contribution in [0.15, 0.2) is 22.2 Å². The summed E-state index contributed by atoms with van der Waals surface area (Å²) in [5, 5.41) is 6.59. The number of carbonyl (C=O) groups excluding carboxylic acids is 1. The zero-order valence-corrected chi connectivity index (χ0v) is 5.24. The summed E-state index contributed by atoms with van der Waals surface area (Å²) in [5.74, 6) is -0.451. The number of hydrogen-bond donors (Lipinski definition) is 1. The average Bonchev–Trinajstić information content (AvgIpc) is 2.38. The number of nitrogens with one attached hydrogen (secondary N) is 1. The summed E-state index contributed by atoms with van der Waals surface area (Å²) in [7, 11) is 1.34. The number of hydroxylamine groups is 1. The molecule has 10 heavy (non-hydrogen) atoms. The van der Waals surface area contributed by atoms with Gasteiger partial charge in [-0.2, -0.15) is 0 Å². The molecule has 1 aliphatic heterocycles. The van der Waals surface area contributed by atoms with E-state index in [1.54, 1.807) is 0 Å². The summed E-state index contributed by atoms with van der Waals surface area (Å²) in [4.78, 5) is 15.1. The molecule has 1 aliphatic rings. The van der Waals surface area contributed by atoms with Gasteiger partial charge in [0.1, 0.15) is 0 Å². The van der Waals surface area contributed by atoms with E-state index < -0.39 is 5.91 Å². The second-order valence-electron chi connectivity index (χ2n) is 1.45. The van der Waals surface area contributed by atoms with Crippen LogP contribution in [0.5, 0.6) is 0 Å². The lowest BCUT2D eigenvalue weighted by Crippen LogP contribution is -2.22. The number of hydrogen-bond acceptors (Lipinski definition) is 4. The average molecular weight is 141 g/mol. The van der Waals surface area contributed by atoms with Gasteiger partial charge in [-0.15, -0.1) is 10.5 Å². The van der Waals surface area contributed by atoms with Crippen LogP contribution in [0.2, 0.25) is 0 Å². The SMILES string of the molecule is CONC(=O)C1=C[N]N=N1. The lowest BCUT2D eigenvalue weighted by atomic mass is 10.5. The fourth-order valence-corrected chi connectivity index (χ4v) is 0.429. The van der Waals surface area contributed by atoms with Crippen molar-refractivity contribution in [1.29, 1.82) is 0 Å². The molecule has 6 heteroatoms. The lowest BCUT2D eigenvalue weighted by Gasteiger charge is -1.95. The second kappa shape index (κ2) is 2.92. The third-order valence-electron chi connectivity index (χ3n) is 0.812. The van der Waals surface area contributed by atoms with Crippen molar-refractivity contribution in [1.82, 2.24) is 10.9 Å². The molecule has 0 fully saturated rings. The number of carbonyl (C=O) groups is 1. The molecule has 1 heterocycles. The first-order valence-corrected chi connectivity index (χ1v) is 2.49. The van der Waals surface area contributed by atoms with Gasteiger partial charge in [-0.05, 0) is 5.22 Å². The van der Waals surface area contributed by atoms with E-state index in [9.17, 15) is 4.79 Å². The van der Waals surface area contributed by atoms with E-state index in [0.29, 0.717) is 0 Å². The van der Waals surface area contributed by atoms with Crippen LogP contribution in [0.4, 0.5) is 0 Å². The Morgan fingerprint density at radius 3 is 3.10 bits per heavy atom. The van der Waals surface area contributed by atoms with Crippen molar-refractivity contribution in [2.75, 3.05) is 7.11 Å². The fraction of sp³-hybridized carbons (Fsp3) is 0.250. The Labute approximate surface area is 56.9 Å². The minimum absolute atomic E-state index is 0.141. The number of rotatable bonds is 2. The van der Waals surface area contributed by atoms with Gasteiger partial charge >= 0.3 is 0 Å². The Morgan fingerprint density at radius 2 is 2.60 bits per heavy atom. The predicted molar refractivity (Wildman–Crippen MR) is 30.2 cm³/mol. The molecule has 1 radical (unpaired) electrons. The van der Waals surface area contributed by atoms with Crippen LogP contribution in [-0.4, -0.2) is 13.0 Å². The summed E-state index contributed by atoms with van der Waals surface area (Å²) < 4.78 is 0. The molecule has 1 N–H and O–H groups in total. The highest BCUT2D eigenvalue weighted by Crippen LogP contribution is 2.01. The molecule has 0 aromatic rings. The molecule has 0 atom stereocenters. The highest BCUT2D eigenvalue weighted by Gasteiger charge is 2.11. The van der Waals surface area contributed by atoms with E-state index in [0.717, 1.165) is 0 Å². The zero-order chi connectivity index (χ0) is 7.40. The van der Waals surface area contributed by atoms with Crippen molar-refractivity contribution in [2.45, 2.75) is 0 Å². The summed E-state index contributed by atoms with van der Waals surface area (Å²) in [6.45, 7) is 0. The first kappa shape index (κ1) is 6.69. The largest absolute Gasteiger partial charge is 0.297 e. The van der Waals surface area contributed by atoms with Crippen molar-refractivity contribution in [3.05, 3.63) is 11.9 Å². The van der Waals surface area contributed by atoms with Gasteiger partial charge in [0.15, 0.2) is 5.70 Å². The van der Waals surface area contributed by atoms with Crippen LogP contribution >= 0.6 is 0 Å². The topological polar surface area (TPSA) is 77.1 Å². The van der Waals surface area contributed by atoms with Gasteiger partial charge in [0.2, 0.25) is 0 Å². The molecule has 0 spiro atoms. The molecule has 0 aromatic carbocycles. The molecule has 1 rings (SSSR count). The van der Waals surface area contributed by atoms with Gasteiger partial charge in [-0.25, -0.2) is 5.48 Å². The molecule has 6 nitrogen and oxygen atoms in total. The number of amides is 1. The van der Waals surface area contributed by atoms with E-state index in [2.05, 4.69) is 26.1 Å². The quantitative estimate of drug-likeness (QED) is 0.526. The van der Waals surface area contributed by atoms with Gasteiger partial charge in [0.05, 0.1) is 13.3 Å². The van der Waals surface area contributed by atoms with Gasteiger partial charge in [-0.1, -0.05) is 0 Å². The predicted octanol–water partition coefficient (Wildman–Crippen LogP) is -0.509. The Morgan fingerprint density at radius 1 is 1.80 bits per heavy atom. The molecule has 0 aliphatic carbocycles. The summed E-state index contributed by atoms with van der Waals surface area (Å²) >= 11 is 0. The van der Waals surface area contributed by atoms with Crippen LogP contribution in [0.3, 0.4) is 0 Å². The fourth-order valence-electron chi connectivity index (χ4n) is 0.429. The van der Waals surface area contributed by atoms with Gasteiger partial charge in [0.25, 0.3) is 5.91 Å². The van der Waals surface area contributed by atoms with E-state index in [-0.39, 0.29) is 5.70 Å². The third kappa shape index (κ3) is 1.29. The van der Waals surface area contributed by atoms with E-state index in [1.165, 1.54) is 13.3 Å². The van der Waals surface area contributed by atoms with Crippen molar-refractivity contribution in [3.8, 4) is 0 Å². The maximum Gasteiger partial charge on any atom is 0.297 e. The van der Waals surface area contributed by atoms with Crippen LogP contribution in [0.25, 0.3) is 0 Å². The Hall–Kier alpha value is -1.43. The summed E-state index contributed by atoms with van der Waals surface area (Å²) in [5.41, 5.74) is 5.56. The normalized spacial score (nSPS) is 14.3. The van der Waals surface area contributed by atoms with Crippen LogP contribution < -0.4 is 10.9 Å². The molecule has 53 valence electrons. The summed E-state index contributed by atoms with van der Waals surface area (Å²) in [6, 6.07) is 0. The highest BCUT2D eigenvalue weighted by molar-refractivity contribution is 5.92. The minimum atomic E-state index is -0.451. The zero-order valence-electron chi connectivity index (χ0n) is 5.24. The standard InChI is InChI=1S/C4H5N4O2/c1-10-7-4(9)3-2-5-8-6-3/h2H,1H3,(H,7,9). The molecule has 0 bridgehead atoms. The summed E-state index contributed by atoms with van der Waals surface area (Å²) in [6.07, 6.45) is 1.24. The maximum absolute atomic E-state index is 10.7. The van der Waals surface area contributed by atoms with Crippen molar-refractivity contribution < 1.29 is 9.63 Å². The number of nitrogens with zero attached hydrogens (tertiary/aromatic N) is 3. The first-order valence-electron chi connectivity index (χ1n) is 2.49. The lowest BCUT2D eigenvalue weighted by molar-refractivity contribution is -0.127. The highest BCUT2D eigenvalue weighted by atomic mass is 16.6. The van der Waals surface area contributed by atoms with Gasteiger partial charge < -0.3 is 0 Å². The van der Waals surface area contributed by atoms with E-state index >= 15 is 0 Å². The first-order chi connectivity index (χ1) is 4.84. The molecule has 0 aromatic heterocycles. The van der Waals surface area contributed by atoms with Crippen LogP contribution in [0.1, 0.15) is 0 Å². The Balaban J connectivity index is 2.48. The molecule has 1 amide bonds. The monoisotopic (exact) mass is 141 g/mol. The molecular formula is C4H5N4O2. The Kier molecular flexibility index (Phi) is 1.96. The smallest absolute Gasteiger partial charge is 0.277 e. The second-order valence-corrected chi connectivity index (χ2v) is 1.45. The van der Waals surface area contributed by atoms with Gasteiger partial charge in [0, 0.05) is 0 Å². The van der Waals surface area contributed by atoms with Crippen molar-refractivity contribution in [2.24, 2.45) is 10.3 Å². The Bertz CT molecular complexity index is 197. The minimum Gasteiger partial charge on any atom is -0.277 e.